The highest BCUT2D eigenvalue weighted by Gasteiger charge is 2.30. The number of hydrogen-bond donors (Lipinski definition) is 1. The number of thiazole rings is 1. The molecule has 0 spiro atoms. The van der Waals surface area contributed by atoms with E-state index >= 15 is 0 Å². The second-order valence-corrected chi connectivity index (χ2v) is 6.38. The van der Waals surface area contributed by atoms with Gasteiger partial charge in [0, 0.05) is 23.4 Å². The van der Waals surface area contributed by atoms with Gasteiger partial charge in [-0.1, -0.05) is 6.92 Å². The highest BCUT2D eigenvalue weighted by molar-refractivity contribution is 7.09. The molecule has 1 aliphatic heterocycles. The molecule has 2 heterocycles. The Morgan fingerprint density at radius 1 is 1.48 bits per heavy atom. The summed E-state index contributed by atoms with van der Waals surface area (Å²) in [6.45, 7) is 5.02. The molecule has 0 aliphatic carbocycles. The lowest BCUT2D eigenvalue weighted by molar-refractivity contribution is 0.147. The second kappa shape index (κ2) is 6.12. The van der Waals surface area contributed by atoms with Crippen LogP contribution in [-0.4, -0.2) is 11.5 Å². The Balaban J connectivity index is 1.90. The van der Waals surface area contributed by atoms with Crippen molar-refractivity contribution >= 4 is 11.3 Å². The lowest BCUT2D eigenvalue weighted by atomic mass is 9.95. The molecule has 112 valence electrons. The van der Waals surface area contributed by atoms with Crippen molar-refractivity contribution in [2.75, 3.05) is 6.54 Å². The fourth-order valence-electron chi connectivity index (χ4n) is 2.66. The highest BCUT2D eigenvalue weighted by Crippen LogP contribution is 2.41. The third-order valence-electron chi connectivity index (χ3n) is 3.67. The quantitative estimate of drug-likeness (QED) is 0.921. The van der Waals surface area contributed by atoms with E-state index in [1.54, 1.807) is 23.5 Å². The number of aromatic nitrogens is 1. The number of halogens is 1. The van der Waals surface area contributed by atoms with Gasteiger partial charge in [0.05, 0.1) is 10.7 Å². The highest BCUT2D eigenvalue weighted by atomic mass is 32.1. The van der Waals surface area contributed by atoms with Crippen LogP contribution in [0.2, 0.25) is 0 Å². The van der Waals surface area contributed by atoms with Crippen molar-refractivity contribution in [2.24, 2.45) is 0 Å². The SMILES string of the molecule is CCCNC1CC(c2csc(C)n2)Oc2ccc(F)cc21. The number of rotatable bonds is 4. The monoisotopic (exact) mass is 306 g/mol. The van der Waals surface area contributed by atoms with Crippen molar-refractivity contribution in [1.82, 2.24) is 10.3 Å². The average Bonchev–Trinajstić information content (AvgIpc) is 2.91. The molecule has 2 atom stereocenters. The molecular weight excluding hydrogens is 287 g/mol. The zero-order valence-corrected chi connectivity index (χ0v) is 13.0. The first-order valence-electron chi connectivity index (χ1n) is 7.29. The Kier molecular flexibility index (Phi) is 4.22. The third kappa shape index (κ3) is 3.09. The third-order valence-corrected chi connectivity index (χ3v) is 4.47. The Labute approximate surface area is 128 Å². The zero-order chi connectivity index (χ0) is 14.8. The van der Waals surface area contributed by atoms with Crippen molar-refractivity contribution in [2.45, 2.75) is 38.8 Å². The van der Waals surface area contributed by atoms with Crippen LogP contribution in [0.3, 0.4) is 0 Å². The predicted octanol–water partition coefficient (Wildman–Crippen LogP) is 4.16. The fraction of sp³-hybridized carbons (Fsp3) is 0.438. The molecule has 5 heteroatoms. The van der Waals surface area contributed by atoms with E-state index in [1.165, 1.54) is 6.07 Å². The minimum Gasteiger partial charge on any atom is -0.484 e. The molecule has 3 nitrogen and oxygen atoms in total. The van der Waals surface area contributed by atoms with Gasteiger partial charge in [0.2, 0.25) is 0 Å². The smallest absolute Gasteiger partial charge is 0.143 e. The van der Waals surface area contributed by atoms with E-state index in [-0.39, 0.29) is 18.0 Å². The number of fused-ring (bicyclic) bond motifs is 1. The van der Waals surface area contributed by atoms with Gasteiger partial charge in [-0.2, -0.15) is 0 Å². The van der Waals surface area contributed by atoms with Gasteiger partial charge < -0.3 is 10.1 Å². The van der Waals surface area contributed by atoms with Gasteiger partial charge in [0.15, 0.2) is 0 Å². The predicted molar refractivity (Wildman–Crippen MR) is 82.3 cm³/mol. The summed E-state index contributed by atoms with van der Waals surface area (Å²) < 4.78 is 19.6. The van der Waals surface area contributed by atoms with Gasteiger partial charge in [-0.3, -0.25) is 0 Å². The Morgan fingerprint density at radius 3 is 3.05 bits per heavy atom. The standard InChI is InChI=1S/C16H19FN2OS/c1-3-6-18-13-8-16(14-9-21-10(2)19-14)20-15-5-4-11(17)7-12(13)15/h4-5,7,9,13,16,18H,3,6,8H2,1-2H3. The molecule has 2 aromatic rings. The summed E-state index contributed by atoms with van der Waals surface area (Å²) in [5.41, 5.74) is 1.88. The topological polar surface area (TPSA) is 34.2 Å². The maximum Gasteiger partial charge on any atom is 0.143 e. The van der Waals surface area contributed by atoms with Crippen LogP contribution in [0.1, 0.15) is 48.2 Å². The van der Waals surface area contributed by atoms with Gasteiger partial charge in [-0.15, -0.1) is 11.3 Å². The lowest BCUT2D eigenvalue weighted by Crippen LogP contribution is -2.29. The Morgan fingerprint density at radius 2 is 2.33 bits per heavy atom. The molecule has 0 saturated carbocycles. The van der Waals surface area contributed by atoms with Crippen LogP contribution in [0.4, 0.5) is 4.39 Å². The normalized spacial score (nSPS) is 20.9. The van der Waals surface area contributed by atoms with Gasteiger partial charge in [-0.05, 0) is 38.1 Å². The van der Waals surface area contributed by atoms with E-state index in [2.05, 4.69) is 17.2 Å². The number of nitrogens with zero attached hydrogens (tertiary/aromatic N) is 1. The molecule has 1 aromatic carbocycles. The molecule has 0 saturated heterocycles. The van der Waals surface area contributed by atoms with E-state index in [0.29, 0.717) is 0 Å². The van der Waals surface area contributed by atoms with E-state index in [1.807, 2.05) is 12.3 Å². The number of ether oxygens (including phenoxy) is 1. The first kappa shape index (κ1) is 14.5. The van der Waals surface area contributed by atoms with Crippen molar-refractivity contribution in [1.29, 1.82) is 0 Å². The van der Waals surface area contributed by atoms with E-state index < -0.39 is 0 Å². The van der Waals surface area contributed by atoms with Crippen molar-refractivity contribution in [3.05, 3.63) is 45.7 Å². The van der Waals surface area contributed by atoms with Crippen LogP contribution < -0.4 is 10.1 Å². The van der Waals surface area contributed by atoms with Crippen molar-refractivity contribution in [3.8, 4) is 5.75 Å². The second-order valence-electron chi connectivity index (χ2n) is 5.32. The van der Waals surface area contributed by atoms with E-state index in [0.717, 1.165) is 41.4 Å². The van der Waals surface area contributed by atoms with Crippen molar-refractivity contribution < 1.29 is 9.13 Å². The molecule has 0 amide bonds. The molecule has 2 unspecified atom stereocenters. The number of nitrogens with one attached hydrogen (secondary N) is 1. The summed E-state index contributed by atoms with van der Waals surface area (Å²) in [6.07, 6.45) is 1.75. The molecule has 3 rings (SSSR count). The molecule has 0 bridgehead atoms. The first-order valence-corrected chi connectivity index (χ1v) is 8.17. The van der Waals surface area contributed by atoms with Crippen LogP contribution in [0.15, 0.2) is 23.6 Å². The van der Waals surface area contributed by atoms with E-state index in [4.69, 9.17) is 4.74 Å². The molecular formula is C16H19FN2OS. The molecule has 1 aromatic heterocycles. The Hall–Kier alpha value is -1.46. The van der Waals surface area contributed by atoms with Crippen LogP contribution in [0, 0.1) is 12.7 Å². The molecule has 0 radical (unpaired) electrons. The molecule has 21 heavy (non-hydrogen) atoms. The summed E-state index contributed by atoms with van der Waals surface area (Å²) in [6, 6.07) is 4.85. The number of aryl methyl sites for hydroxylation is 1. The summed E-state index contributed by atoms with van der Waals surface area (Å²) in [5.74, 6) is 0.538. The number of hydrogen-bond acceptors (Lipinski definition) is 4. The zero-order valence-electron chi connectivity index (χ0n) is 12.2. The minimum absolute atomic E-state index is 0.0673. The van der Waals surface area contributed by atoms with E-state index in [9.17, 15) is 4.39 Å². The van der Waals surface area contributed by atoms with Crippen LogP contribution >= 0.6 is 11.3 Å². The largest absolute Gasteiger partial charge is 0.484 e. The van der Waals surface area contributed by atoms with Gasteiger partial charge in [-0.25, -0.2) is 9.37 Å². The number of benzene rings is 1. The molecule has 0 fully saturated rings. The van der Waals surface area contributed by atoms with Gasteiger partial charge in [0.25, 0.3) is 0 Å². The first-order chi connectivity index (χ1) is 10.2. The summed E-state index contributed by atoms with van der Waals surface area (Å²) in [7, 11) is 0. The van der Waals surface area contributed by atoms with Gasteiger partial charge >= 0.3 is 0 Å². The van der Waals surface area contributed by atoms with Crippen molar-refractivity contribution in [3.63, 3.8) is 0 Å². The lowest BCUT2D eigenvalue weighted by Gasteiger charge is -2.32. The summed E-state index contributed by atoms with van der Waals surface area (Å²) >= 11 is 1.63. The summed E-state index contributed by atoms with van der Waals surface area (Å²) in [5, 5.41) is 6.58. The average molecular weight is 306 g/mol. The fourth-order valence-corrected chi connectivity index (χ4v) is 3.32. The Bertz CT molecular complexity index is 628. The van der Waals surface area contributed by atoms with Gasteiger partial charge in [0.1, 0.15) is 17.7 Å². The minimum atomic E-state index is -0.219. The van der Waals surface area contributed by atoms with Crippen LogP contribution in [0.5, 0.6) is 5.75 Å². The maximum absolute atomic E-state index is 13.5. The van der Waals surface area contributed by atoms with Crippen LogP contribution in [-0.2, 0) is 0 Å². The summed E-state index contributed by atoms with van der Waals surface area (Å²) in [4.78, 5) is 4.53. The molecule has 1 aliphatic rings. The van der Waals surface area contributed by atoms with Crippen LogP contribution in [0.25, 0.3) is 0 Å². The maximum atomic E-state index is 13.5. The molecule has 1 N–H and O–H groups in total.